The molecule has 3 nitrogen and oxygen atoms in total. The first-order chi connectivity index (χ1) is 11.3. The van der Waals surface area contributed by atoms with Crippen LogP contribution in [0.1, 0.15) is 65.7 Å². The molecule has 2 N–H and O–H groups in total. The summed E-state index contributed by atoms with van der Waals surface area (Å²) in [5, 5.41) is 0. The third kappa shape index (κ3) is 2.06. The molecular weight excluding hydrogens is 298 g/mol. The molecule has 1 unspecified atom stereocenters. The third-order valence-electron chi connectivity index (χ3n) is 8.54. The van der Waals surface area contributed by atoms with E-state index in [1.807, 2.05) is 6.08 Å². The summed E-state index contributed by atoms with van der Waals surface area (Å²) in [6.07, 6.45) is 9.12. The average molecular weight is 329 g/mol. The SMILES string of the molecule is CC(=O)[C@H]1CC[C@H]2[C@@H]3CC(N)C4=CC(=O)CC[C@]4(C)[C@H]3CC[C@]12C. The van der Waals surface area contributed by atoms with Crippen molar-refractivity contribution in [3.8, 4) is 0 Å². The monoisotopic (exact) mass is 329 g/mol. The number of Topliss-reactive ketones (excluding diaryl/α,β-unsaturated/α-hetero) is 1. The van der Waals surface area contributed by atoms with E-state index < -0.39 is 0 Å². The van der Waals surface area contributed by atoms with Crippen molar-refractivity contribution in [1.82, 2.24) is 0 Å². The van der Waals surface area contributed by atoms with E-state index in [4.69, 9.17) is 5.73 Å². The quantitative estimate of drug-likeness (QED) is 0.798. The summed E-state index contributed by atoms with van der Waals surface area (Å²) >= 11 is 0. The van der Waals surface area contributed by atoms with Crippen molar-refractivity contribution >= 4 is 11.6 Å². The zero-order valence-corrected chi connectivity index (χ0v) is 15.3. The van der Waals surface area contributed by atoms with Crippen LogP contribution in [-0.2, 0) is 9.59 Å². The molecule has 0 aromatic rings. The summed E-state index contributed by atoms with van der Waals surface area (Å²) in [6.45, 7) is 6.52. The second-order valence-corrected chi connectivity index (χ2v) is 9.49. The minimum absolute atomic E-state index is 0.0271. The van der Waals surface area contributed by atoms with Crippen LogP contribution in [0.4, 0.5) is 0 Å². The largest absolute Gasteiger partial charge is 0.324 e. The van der Waals surface area contributed by atoms with E-state index in [1.54, 1.807) is 6.92 Å². The summed E-state index contributed by atoms with van der Waals surface area (Å²) in [5.41, 5.74) is 8.08. The maximum absolute atomic E-state index is 12.2. The molecule has 0 aliphatic heterocycles. The van der Waals surface area contributed by atoms with Crippen molar-refractivity contribution in [1.29, 1.82) is 0 Å². The molecule has 0 amide bonds. The number of hydrogen-bond acceptors (Lipinski definition) is 3. The van der Waals surface area contributed by atoms with E-state index >= 15 is 0 Å². The molecule has 0 bridgehead atoms. The molecule has 4 aliphatic rings. The van der Waals surface area contributed by atoms with Gasteiger partial charge in [0.2, 0.25) is 0 Å². The van der Waals surface area contributed by atoms with Gasteiger partial charge in [-0.2, -0.15) is 0 Å². The van der Waals surface area contributed by atoms with Gasteiger partial charge in [-0.1, -0.05) is 13.8 Å². The number of hydrogen-bond donors (Lipinski definition) is 1. The maximum atomic E-state index is 12.2. The Labute approximate surface area is 145 Å². The molecule has 3 heteroatoms. The van der Waals surface area contributed by atoms with Gasteiger partial charge in [0.15, 0.2) is 5.78 Å². The maximum Gasteiger partial charge on any atom is 0.155 e. The Morgan fingerprint density at radius 1 is 1.17 bits per heavy atom. The average Bonchev–Trinajstić information content (AvgIpc) is 2.87. The van der Waals surface area contributed by atoms with Crippen LogP contribution in [0.3, 0.4) is 0 Å². The molecule has 0 aromatic carbocycles. The van der Waals surface area contributed by atoms with Gasteiger partial charge >= 0.3 is 0 Å². The van der Waals surface area contributed by atoms with Crippen LogP contribution in [0.25, 0.3) is 0 Å². The van der Waals surface area contributed by atoms with Crippen LogP contribution in [0.2, 0.25) is 0 Å². The second-order valence-electron chi connectivity index (χ2n) is 9.49. The molecule has 0 aromatic heterocycles. The fourth-order valence-electron chi connectivity index (χ4n) is 7.36. The lowest BCUT2D eigenvalue weighted by molar-refractivity contribution is -0.128. The van der Waals surface area contributed by atoms with Crippen LogP contribution in [0.15, 0.2) is 11.6 Å². The molecular formula is C21H31NO2. The molecule has 4 aliphatic carbocycles. The van der Waals surface area contributed by atoms with Crippen molar-refractivity contribution in [2.75, 3.05) is 0 Å². The molecule has 3 saturated carbocycles. The highest BCUT2D eigenvalue weighted by Gasteiger charge is 2.60. The van der Waals surface area contributed by atoms with Crippen molar-refractivity contribution in [3.63, 3.8) is 0 Å². The number of carbonyl (C=O) groups is 2. The minimum atomic E-state index is 0.0271. The highest BCUT2D eigenvalue weighted by Crippen LogP contribution is 2.66. The molecule has 0 radical (unpaired) electrons. The summed E-state index contributed by atoms with van der Waals surface area (Å²) in [7, 11) is 0. The van der Waals surface area contributed by atoms with Gasteiger partial charge in [-0.15, -0.1) is 0 Å². The van der Waals surface area contributed by atoms with Crippen molar-refractivity contribution in [2.45, 2.75) is 71.8 Å². The van der Waals surface area contributed by atoms with Crippen molar-refractivity contribution in [2.24, 2.45) is 40.2 Å². The molecule has 7 atom stereocenters. The predicted molar refractivity (Wildman–Crippen MR) is 94.2 cm³/mol. The van der Waals surface area contributed by atoms with Gasteiger partial charge in [-0.05, 0) is 85.7 Å². The Bertz CT molecular complexity index is 623. The first kappa shape index (κ1) is 16.5. The molecule has 4 rings (SSSR count). The third-order valence-corrected chi connectivity index (χ3v) is 8.54. The lowest BCUT2D eigenvalue weighted by atomic mass is 9.46. The molecule has 24 heavy (non-hydrogen) atoms. The predicted octanol–water partition coefficient (Wildman–Crippen LogP) is 3.66. The molecule has 3 fully saturated rings. The van der Waals surface area contributed by atoms with Crippen LogP contribution in [0.5, 0.6) is 0 Å². The minimum Gasteiger partial charge on any atom is -0.324 e. The summed E-state index contributed by atoms with van der Waals surface area (Å²) in [4.78, 5) is 24.1. The Morgan fingerprint density at radius 2 is 1.92 bits per heavy atom. The van der Waals surface area contributed by atoms with E-state index in [2.05, 4.69) is 13.8 Å². The van der Waals surface area contributed by atoms with Gasteiger partial charge in [-0.3, -0.25) is 9.59 Å². The molecule has 0 heterocycles. The number of rotatable bonds is 1. The van der Waals surface area contributed by atoms with Crippen molar-refractivity contribution in [3.05, 3.63) is 11.6 Å². The highest BCUT2D eigenvalue weighted by molar-refractivity contribution is 5.92. The lowest BCUT2D eigenvalue weighted by Crippen LogP contribution is -2.55. The van der Waals surface area contributed by atoms with Crippen LogP contribution < -0.4 is 5.73 Å². The first-order valence-corrected chi connectivity index (χ1v) is 9.78. The normalized spacial score (nSPS) is 50.6. The highest BCUT2D eigenvalue weighted by atomic mass is 16.1. The number of fused-ring (bicyclic) bond motifs is 5. The summed E-state index contributed by atoms with van der Waals surface area (Å²) in [5.74, 6) is 2.78. The molecule has 132 valence electrons. The second kappa shape index (κ2) is 5.27. The van der Waals surface area contributed by atoms with Crippen LogP contribution >= 0.6 is 0 Å². The number of ketones is 2. The summed E-state index contributed by atoms with van der Waals surface area (Å²) < 4.78 is 0. The lowest BCUT2D eigenvalue weighted by Gasteiger charge is -2.59. The van der Waals surface area contributed by atoms with E-state index in [1.165, 1.54) is 18.4 Å². The van der Waals surface area contributed by atoms with Crippen LogP contribution in [-0.4, -0.2) is 17.6 Å². The van der Waals surface area contributed by atoms with Gasteiger partial charge in [0.1, 0.15) is 5.78 Å². The van der Waals surface area contributed by atoms with E-state index in [0.717, 1.165) is 25.7 Å². The Balaban J connectivity index is 1.71. The Hall–Kier alpha value is -0.960. The fourth-order valence-corrected chi connectivity index (χ4v) is 7.36. The molecule has 0 spiro atoms. The summed E-state index contributed by atoms with van der Waals surface area (Å²) in [6, 6.07) is 0.0271. The first-order valence-electron chi connectivity index (χ1n) is 9.78. The zero-order chi connectivity index (χ0) is 17.3. The van der Waals surface area contributed by atoms with Gasteiger partial charge < -0.3 is 5.73 Å². The zero-order valence-electron chi connectivity index (χ0n) is 15.3. The number of carbonyl (C=O) groups excluding carboxylic acids is 2. The van der Waals surface area contributed by atoms with Gasteiger partial charge in [0.25, 0.3) is 0 Å². The topological polar surface area (TPSA) is 60.2 Å². The Morgan fingerprint density at radius 3 is 2.62 bits per heavy atom. The smallest absolute Gasteiger partial charge is 0.155 e. The van der Waals surface area contributed by atoms with Crippen LogP contribution in [0, 0.1) is 34.5 Å². The van der Waals surface area contributed by atoms with E-state index in [0.29, 0.717) is 30.0 Å². The van der Waals surface area contributed by atoms with Gasteiger partial charge in [-0.25, -0.2) is 0 Å². The Kier molecular flexibility index (Phi) is 3.62. The van der Waals surface area contributed by atoms with Gasteiger partial charge in [0, 0.05) is 18.4 Å². The standard InChI is InChI=1S/C21H31NO2/c1-12(23)15-4-5-16-14-11-19(22)18-10-13(24)6-8-21(18,3)17(14)7-9-20(15,16)2/h10,14-17,19H,4-9,11,22H2,1-3H3/t14-,15+,16-,17-,19?,20+,21+/m0/s1. The fraction of sp³-hybridized carbons (Fsp3) is 0.810. The van der Waals surface area contributed by atoms with Gasteiger partial charge in [0.05, 0.1) is 0 Å². The number of nitrogens with two attached hydrogens (primary N) is 1. The van der Waals surface area contributed by atoms with Crippen molar-refractivity contribution < 1.29 is 9.59 Å². The van der Waals surface area contributed by atoms with E-state index in [9.17, 15) is 9.59 Å². The van der Waals surface area contributed by atoms with E-state index in [-0.39, 0.29) is 28.6 Å². The molecule has 0 saturated heterocycles.